The smallest absolute Gasteiger partial charge is 0.0547 e. The van der Waals surface area contributed by atoms with Crippen molar-refractivity contribution in [2.45, 2.75) is 0 Å². The van der Waals surface area contributed by atoms with Crippen molar-refractivity contribution >= 4 is 62.0 Å². The van der Waals surface area contributed by atoms with Crippen LogP contribution < -0.4 is 10.4 Å². The van der Waals surface area contributed by atoms with Crippen molar-refractivity contribution in [2.24, 2.45) is 0 Å². The molecule has 0 unspecified atom stereocenters. The van der Waals surface area contributed by atoms with Gasteiger partial charge in [0.25, 0.3) is 0 Å². The van der Waals surface area contributed by atoms with Crippen LogP contribution in [0.2, 0.25) is 0 Å². The van der Waals surface area contributed by atoms with Crippen molar-refractivity contribution in [2.75, 3.05) is 0 Å². The zero-order chi connectivity index (χ0) is 31.9. The fourth-order valence-corrected chi connectivity index (χ4v) is 8.03. The lowest BCUT2D eigenvalue weighted by atomic mass is 10.0. The molecule has 0 fully saturated rings. The van der Waals surface area contributed by atoms with Gasteiger partial charge in [0.1, 0.15) is 0 Å². The molecule has 0 radical (unpaired) electrons. The Labute approximate surface area is 277 Å². The summed E-state index contributed by atoms with van der Waals surface area (Å²) in [4.78, 5) is 0. The quantitative estimate of drug-likeness (QED) is 0.192. The largest absolute Gasteiger partial charge is 0.309 e. The van der Waals surface area contributed by atoms with E-state index in [2.05, 4.69) is 161 Å². The Hall–Kier alpha value is -6.45. The van der Waals surface area contributed by atoms with Crippen molar-refractivity contribution in [1.29, 1.82) is 5.41 Å². The highest BCUT2D eigenvalue weighted by Crippen LogP contribution is 2.38. The summed E-state index contributed by atoms with van der Waals surface area (Å²) < 4.78 is 4.72. The summed E-state index contributed by atoms with van der Waals surface area (Å²) in [6.07, 6.45) is 1.48. The first-order chi connectivity index (χ1) is 23.7. The van der Waals surface area contributed by atoms with Crippen molar-refractivity contribution in [1.82, 2.24) is 9.13 Å². The Morgan fingerprint density at radius 1 is 0.458 bits per heavy atom. The number of rotatable bonds is 4. The van der Waals surface area contributed by atoms with E-state index in [0.29, 0.717) is 0 Å². The first kappa shape index (κ1) is 26.7. The summed E-state index contributed by atoms with van der Waals surface area (Å²) in [5.41, 5.74) is 13.5. The van der Waals surface area contributed by atoms with Crippen LogP contribution >= 0.6 is 0 Å². The van der Waals surface area contributed by atoms with Gasteiger partial charge in [0.2, 0.25) is 0 Å². The minimum absolute atomic E-state index is 0.928. The van der Waals surface area contributed by atoms with Crippen LogP contribution in [0.15, 0.2) is 152 Å². The highest BCUT2D eigenvalue weighted by molar-refractivity contribution is 6.15. The molecule has 224 valence electrons. The number of hydrogen-bond acceptors (Lipinski definition) is 1. The molecule has 1 aliphatic rings. The van der Waals surface area contributed by atoms with Gasteiger partial charge in [-0.1, -0.05) is 110 Å². The Morgan fingerprint density at radius 3 is 1.85 bits per heavy atom. The molecule has 0 saturated heterocycles. The maximum atomic E-state index is 8.35. The highest BCUT2D eigenvalue weighted by atomic mass is 15.0. The van der Waals surface area contributed by atoms with E-state index >= 15 is 0 Å². The molecule has 0 saturated carbocycles. The van der Waals surface area contributed by atoms with E-state index in [1.807, 2.05) is 6.07 Å². The number of benzene rings is 7. The SMILES string of the molecule is C=c1c(-n2c3ccccc3c3ccc(-c4ccc5c(c4)c4ccccc4n5-c4ccccc4)cc32)ccc2c1=C(C=N)c1ccccc1-2. The number of hydrogen-bond donors (Lipinski definition) is 1. The Morgan fingerprint density at radius 2 is 1.06 bits per heavy atom. The second-order valence-electron chi connectivity index (χ2n) is 12.6. The van der Waals surface area contributed by atoms with Crippen LogP contribution in [-0.4, -0.2) is 15.3 Å². The summed E-state index contributed by atoms with van der Waals surface area (Å²) in [6, 6.07) is 54.4. The van der Waals surface area contributed by atoms with Crippen molar-refractivity contribution in [3.63, 3.8) is 0 Å². The van der Waals surface area contributed by atoms with Gasteiger partial charge in [-0.2, -0.15) is 0 Å². The lowest BCUT2D eigenvalue weighted by Gasteiger charge is -2.12. The van der Waals surface area contributed by atoms with E-state index < -0.39 is 0 Å². The van der Waals surface area contributed by atoms with Gasteiger partial charge < -0.3 is 14.5 Å². The lowest BCUT2D eigenvalue weighted by Crippen LogP contribution is -2.30. The monoisotopic (exact) mass is 611 g/mol. The van der Waals surface area contributed by atoms with E-state index in [1.54, 1.807) is 0 Å². The van der Waals surface area contributed by atoms with Crippen LogP contribution in [-0.2, 0) is 0 Å². The van der Waals surface area contributed by atoms with Gasteiger partial charge in [0.15, 0.2) is 0 Å². The fraction of sp³-hybridized carbons (Fsp3) is 0. The first-order valence-corrected chi connectivity index (χ1v) is 16.3. The molecular weight excluding hydrogens is 583 g/mol. The van der Waals surface area contributed by atoms with Crippen LogP contribution in [0.1, 0.15) is 5.56 Å². The number of nitrogens with one attached hydrogen (secondary N) is 1. The molecule has 0 atom stereocenters. The number of aromatic nitrogens is 2. The van der Waals surface area contributed by atoms with Crippen molar-refractivity contribution < 1.29 is 0 Å². The van der Waals surface area contributed by atoms with E-state index in [1.165, 1.54) is 44.4 Å². The summed E-state index contributed by atoms with van der Waals surface area (Å²) >= 11 is 0. The molecule has 2 aromatic heterocycles. The molecule has 7 aromatic carbocycles. The third-order valence-electron chi connectivity index (χ3n) is 10.1. The van der Waals surface area contributed by atoms with Crippen LogP contribution in [0.3, 0.4) is 0 Å². The second kappa shape index (κ2) is 10.0. The van der Waals surface area contributed by atoms with Gasteiger partial charge in [-0.3, -0.25) is 0 Å². The standard InChI is InChI=1S/C45H29N3/c1-28-40(24-22-37-32-13-5-6-14-33(32)39(27-46)45(28)37)48-42-18-10-7-15-34(42)36-21-19-30(26-44(36)48)29-20-23-43-38(25-29)35-16-8-9-17-41(35)47(43)31-11-3-2-4-12-31/h2-27,46H,1H2. The topological polar surface area (TPSA) is 33.7 Å². The fourth-order valence-electron chi connectivity index (χ4n) is 8.03. The minimum atomic E-state index is 0.928. The lowest BCUT2D eigenvalue weighted by molar-refractivity contribution is 1.16. The zero-order valence-electron chi connectivity index (χ0n) is 26.1. The molecule has 1 N–H and O–H groups in total. The van der Waals surface area contributed by atoms with Gasteiger partial charge in [0.05, 0.1) is 27.8 Å². The second-order valence-corrected chi connectivity index (χ2v) is 12.6. The van der Waals surface area contributed by atoms with Gasteiger partial charge in [-0.15, -0.1) is 0 Å². The molecule has 48 heavy (non-hydrogen) atoms. The average Bonchev–Trinajstić information content (AvgIpc) is 3.77. The molecule has 3 nitrogen and oxygen atoms in total. The van der Waals surface area contributed by atoms with Gasteiger partial charge in [0, 0.05) is 44.2 Å². The molecule has 0 bridgehead atoms. The molecule has 10 rings (SSSR count). The van der Waals surface area contributed by atoms with E-state index in [4.69, 9.17) is 5.41 Å². The number of para-hydroxylation sites is 3. The molecule has 2 heterocycles. The molecule has 0 amide bonds. The Kier molecular flexibility index (Phi) is 5.58. The predicted molar refractivity (Wildman–Crippen MR) is 202 cm³/mol. The molecule has 1 aliphatic carbocycles. The highest BCUT2D eigenvalue weighted by Gasteiger charge is 2.22. The normalized spacial score (nSPS) is 12.3. The number of nitrogens with zero attached hydrogens (tertiary/aromatic N) is 2. The maximum absolute atomic E-state index is 8.35. The predicted octanol–water partition coefficient (Wildman–Crippen LogP) is 9.79. The van der Waals surface area contributed by atoms with Gasteiger partial charge in [-0.05, 0) is 81.6 Å². The number of fused-ring (bicyclic) bond motifs is 9. The van der Waals surface area contributed by atoms with Crippen LogP contribution in [0, 0.1) is 5.41 Å². The molecule has 0 aliphatic heterocycles. The molecule has 9 aromatic rings. The van der Waals surface area contributed by atoms with Crippen molar-refractivity contribution in [3.05, 3.63) is 168 Å². The summed E-state index contributed by atoms with van der Waals surface area (Å²) in [7, 11) is 0. The zero-order valence-corrected chi connectivity index (χ0v) is 26.1. The van der Waals surface area contributed by atoms with E-state index in [9.17, 15) is 0 Å². The third-order valence-corrected chi connectivity index (χ3v) is 10.1. The van der Waals surface area contributed by atoms with Crippen LogP contribution in [0.25, 0.3) is 89.4 Å². The molecule has 3 heteroatoms. The summed E-state index contributed by atoms with van der Waals surface area (Å²) in [5.74, 6) is 0. The average molecular weight is 612 g/mol. The third kappa shape index (κ3) is 3.61. The molecule has 0 spiro atoms. The summed E-state index contributed by atoms with van der Waals surface area (Å²) in [6.45, 7) is 4.67. The summed E-state index contributed by atoms with van der Waals surface area (Å²) in [5, 5.41) is 15.2. The van der Waals surface area contributed by atoms with Crippen LogP contribution in [0.5, 0.6) is 0 Å². The van der Waals surface area contributed by atoms with E-state index in [-0.39, 0.29) is 0 Å². The van der Waals surface area contributed by atoms with Gasteiger partial charge in [-0.25, -0.2) is 0 Å². The minimum Gasteiger partial charge on any atom is -0.309 e. The molecular formula is C45H29N3. The van der Waals surface area contributed by atoms with Crippen LogP contribution in [0.4, 0.5) is 0 Å². The Balaban J connectivity index is 1.22. The van der Waals surface area contributed by atoms with E-state index in [0.717, 1.165) is 60.7 Å². The van der Waals surface area contributed by atoms with Gasteiger partial charge >= 0.3 is 0 Å². The maximum Gasteiger partial charge on any atom is 0.0547 e. The Bertz CT molecular complexity index is 2920. The first-order valence-electron chi connectivity index (χ1n) is 16.3. The van der Waals surface area contributed by atoms with Crippen molar-refractivity contribution in [3.8, 4) is 33.6 Å².